The molecule has 3 aromatic rings. The Morgan fingerprint density at radius 1 is 0.870 bits per heavy atom. The number of hydrogen-bond donors (Lipinski definition) is 1. The lowest BCUT2D eigenvalue weighted by Crippen LogP contribution is -2.43. The van der Waals surface area contributed by atoms with Crippen molar-refractivity contribution in [3.8, 4) is 0 Å². The summed E-state index contributed by atoms with van der Waals surface area (Å²) < 4.78 is 1.79. The zero-order valence-electron chi connectivity index (χ0n) is 12.5. The van der Waals surface area contributed by atoms with Gasteiger partial charge in [-0.15, -0.1) is 0 Å². The molecule has 0 atom stereocenters. The van der Waals surface area contributed by atoms with E-state index >= 15 is 0 Å². The van der Waals surface area contributed by atoms with Gasteiger partial charge in [-0.1, -0.05) is 42.5 Å². The number of rotatable bonds is 5. The fourth-order valence-electron chi connectivity index (χ4n) is 2.66. The van der Waals surface area contributed by atoms with Crippen LogP contribution in [0.15, 0.2) is 66.7 Å². The number of pyridine rings is 1. The van der Waals surface area contributed by atoms with Crippen molar-refractivity contribution in [1.82, 2.24) is 0 Å². The molecular weight excluding hydrogens is 290 g/mol. The molecule has 2 aromatic carbocycles. The second-order valence-electron chi connectivity index (χ2n) is 5.33. The lowest BCUT2D eigenvalue weighted by molar-refractivity contribution is -0.664. The normalized spacial score (nSPS) is 10.6. The molecule has 4 heteroatoms. The van der Waals surface area contributed by atoms with Crippen molar-refractivity contribution in [3.05, 3.63) is 78.0 Å². The molecule has 1 heterocycles. The summed E-state index contributed by atoms with van der Waals surface area (Å²) in [4.78, 5) is 23.6. The van der Waals surface area contributed by atoms with E-state index in [-0.39, 0.29) is 18.7 Å². The summed E-state index contributed by atoms with van der Waals surface area (Å²) in [7, 11) is 0. The fraction of sp³-hybridized carbons (Fsp3) is 0.105. The van der Waals surface area contributed by atoms with E-state index < -0.39 is 5.97 Å². The van der Waals surface area contributed by atoms with Gasteiger partial charge in [-0.05, 0) is 12.1 Å². The first-order valence-corrected chi connectivity index (χ1v) is 7.35. The van der Waals surface area contributed by atoms with E-state index in [1.165, 1.54) is 0 Å². The molecule has 0 amide bonds. The highest BCUT2D eigenvalue weighted by atomic mass is 16.4. The maximum atomic E-state index is 12.5. The van der Waals surface area contributed by atoms with E-state index in [4.69, 9.17) is 5.11 Å². The Hall–Kier alpha value is -3.01. The van der Waals surface area contributed by atoms with Gasteiger partial charge in [-0.3, -0.25) is 9.59 Å². The Morgan fingerprint density at radius 2 is 1.57 bits per heavy atom. The van der Waals surface area contributed by atoms with Crippen molar-refractivity contribution < 1.29 is 19.3 Å². The van der Waals surface area contributed by atoms with Gasteiger partial charge in [0.1, 0.15) is 6.42 Å². The molecule has 0 unspecified atom stereocenters. The van der Waals surface area contributed by atoms with Crippen LogP contribution in [0.4, 0.5) is 0 Å². The van der Waals surface area contributed by atoms with Crippen LogP contribution in [0, 0.1) is 0 Å². The van der Waals surface area contributed by atoms with Crippen molar-refractivity contribution in [2.24, 2.45) is 0 Å². The molecule has 3 rings (SSSR count). The van der Waals surface area contributed by atoms with Gasteiger partial charge >= 0.3 is 5.97 Å². The van der Waals surface area contributed by atoms with Crippen molar-refractivity contribution in [2.75, 3.05) is 0 Å². The highest BCUT2D eigenvalue weighted by molar-refractivity contribution is 5.95. The van der Waals surface area contributed by atoms with Gasteiger partial charge in [0, 0.05) is 23.1 Å². The molecule has 1 aromatic heterocycles. The molecule has 1 N–H and O–H groups in total. The topological polar surface area (TPSA) is 58.2 Å². The summed E-state index contributed by atoms with van der Waals surface area (Å²) in [6.07, 6.45) is -0.118. The van der Waals surface area contributed by atoms with Crippen LogP contribution in [0.25, 0.3) is 10.9 Å². The predicted octanol–water partition coefficient (Wildman–Crippen LogP) is 2.64. The van der Waals surface area contributed by atoms with Crippen LogP contribution in [0.5, 0.6) is 0 Å². The molecule has 0 aliphatic rings. The second-order valence-corrected chi connectivity index (χ2v) is 5.33. The first-order chi connectivity index (χ1) is 11.1. The van der Waals surface area contributed by atoms with Crippen molar-refractivity contribution >= 4 is 22.7 Å². The summed E-state index contributed by atoms with van der Waals surface area (Å²) in [5.41, 5.74) is 2.09. The molecule has 4 nitrogen and oxygen atoms in total. The smallest absolute Gasteiger partial charge is 0.314 e. The van der Waals surface area contributed by atoms with Gasteiger partial charge in [0.05, 0.1) is 0 Å². The van der Waals surface area contributed by atoms with Crippen molar-refractivity contribution in [2.45, 2.75) is 13.0 Å². The largest absolute Gasteiger partial charge is 0.481 e. The third kappa shape index (κ3) is 3.26. The Kier molecular flexibility index (Phi) is 4.15. The van der Waals surface area contributed by atoms with Crippen LogP contribution >= 0.6 is 0 Å². The maximum absolute atomic E-state index is 12.5. The minimum Gasteiger partial charge on any atom is -0.481 e. The summed E-state index contributed by atoms with van der Waals surface area (Å²) in [6, 6.07) is 20.3. The van der Waals surface area contributed by atoms with Crippen molar-refractivity contribution in [1.29, 1.82) is 0 Å². The summed E-state index contributed by atoms with van der Waals surface area (Å²) in [5, 5.41) is 10.1. The summed E-state index contributed by atoms with van der Waals surface area (Å²) in [5.74, 6) is -0.959. The minimum atomic E-state index is -0.916. The SMILES string of the molecule is O=C(O)Cc1ccc2ccccc2[n+]1CC(=O)c1ccccc1. The number of para-hydroxylation sites is 1. The van der Waals surface area contributed by atoms with E-state index in [0.717, 1.165) is 10.9 Å². The van der Waals surface area contributed by atoms with Gasteiger partial charge < -0.3 is 5.11 Å². The van der Waals surface area contributed by atoms with Gasteiger partial charge in [-0.2, -0.15) is 4.57 Å². The average molecular weight is 306 g/mol. The number of benzene rings is 2. The number of aromatic nitrogens is 1. The van der Waals surface area contributed by atoms with Crippen LogP contribution in [-0.4, -0.2) is 16.9 Å². The van der Waals surface area contributed by atoms with Crippen LogP contribution in [0.2, 0.25) is 0 Å². The highest BCUT2D eigenvalue weighted by Crippen LogP contribution is 2.12. The molecular formula is C19H16NO3+. The Labute approximate surface area is 133 Å². The predicted molar refractivity (Wildman–Crippen MR) is 86.3 cm³/mol. The maximum Gasteiger partial charge on any atom is 0.314 e. The Balaban J connectivity index is 2.06. The summed E-state index contributed by atoms with van der Waals surface area (Å²) in [6.45, 7) is 0.119. The van der Waals surface area contributed by atoms with Crippen LogP contribution in [0.3, 0.4) is 0 Å². The number of carbonyl (C=O) groups excluding carboxylic acids is 1. The number of ketones is 1. The van der Waals surface area contributed by atoms with E-state index in [1.54, 1.807) is 22.8 Å². The Morgan fingerprint density at radius 3 is 2.30 bits per heavy atom. The van der Waals surface area contributed by atoms with Crippen LogP contribution in [0.1, 0.15) is 16.1 Å². The van der Waals surface area contributed by atoms with E-state index in [9.17, 15) is 9.59 Å². The number of carboxylic acid groups (broad SMARTS) is 1. The molecule has 0 aliphatic carbocycles. The molecule has 0 fully saturated rings. The zero-order chi connectivity index (χ0) is 16.2. The molecule has 0 saturated heterocycles. The fourth-order valence-corrected chi connectivity index (χ4v) is 2.66. The average Bonchev–Trinajstić information content (AvgIpc) is 2.57. The monoisotopic (exact) mass is 306 g/mol. The Bertz CT molecular complexity index is 872. The summed E-state index contributed by atoms with van der Waals surface area (Å²) >= 11 is 0. The number of hydrogen-bond acceptors (Lipinski definition) is 2. The first-order valence-electron chi connectivity index (χ1n) is 7.35. The first kappa shape index (κ1) is 14.9. The number of fused-ring (bicyclic) bond motifs is 1. The molecule has 0 spiro atoms. The van der Waals surface area contributed by atoms with Crippen LogP contribution < -0.4 is 4.57 Å². The van der Waals surface area contributed by atoms with E-state index in [0.29, 0.717) is 11.3 Å². The third-order valence-electron chi connectivity index (χ3n) is 3.76. The minimum absolute atomic E-state index is 0.0430. The lowest BCUT2D eigenvalue weighted by atomic mass is 10.1. The van der Waals surface area contributed by atoms with Gasteiger partial charge in [0.15, 0.2) is 5.69 Å². The molecule has 0 bridgehead atoms. The molecule has 114 valence electrons. The van der Waals surface area contributed by atoms with Gasteiger partial charge in [0.25, 0.3) is 0 Å². The van der Waals surface area contributed by atoms with Crippen molar-refractivity contribution in [3.63, 3.8) is 0 Å². The number of nitrogens with zero attached hydrogens (tertiary/aromatic N) is 1. The quantitative estimate of drug-likeness (QED) is 0.582. The van der Waals surface area contributed by atoms with E-state index in [2.05, 4.69) is 0 Å². The standard InChI is InChI=1S/C19H15NO3/c21-18(15-7-2-1-3-8-15)13-20-16(12-19(22)23)11-10-14-6-4-5-9-17(14)20/h1-11H,12-13H2/p+1. The second kappa shape index (κ2) is 6.40. The number of carboxylic acids is 1. The molecule has 0 saturated carbocycles. The lowest BCUT2D eigenvalue weighted by Gasteiger charge is -2.06. The number of Topliss-reactive ketones (excluding diaryl/α,β-unsaturated/α-hetero) is 1. The van der Waals surface area contributed by atoms with Gasteiger partial charge in [-0.25, -0.2) is 0 Å². The highest BCUT2D eigenvalue weighted by Gasteiger charge is 2.21. The third-order valence-corrected chi connectivity index (χ3v) is 3.76. The molecule has 0 aliphatic heterocycles. The van der Waals surface area contributed by atoms with Gasteiger partial charge in [0.2, 0.25) is 17.8 Å². The number of aliphatic carboxylic acids is 1. The molecule has 23 heavy (non-hydrogen) atoms. The number of carbonyl (C=O) groups is 2. The van der Waals surface area contributed by atoms with E-state index in [1.807, 2.05) is 48.5 Å². The molecule has 0 radical (unpaired) electrons. The van der Waals surface area contributed by atoms with Crippen LogP contribution in [-0.2, 0) is 17.8 Å². The zero-order valence-corrected chi connectivity index (χ0v) is 12.5.